The van der Waals surface area contributed by atoms with Gasteiger partial charge in [-0.1, -0.05) is 6.92 Å². The summed E-state index contributed by atoms with van der Waals surface area (Å²) in [6.07, 6.45) is 3.95. The molecule has 0 saturated carbocycles. The molecule has 1 unspecified atom stereocenters. The number of piperidine rings is 1. The van der Waals surface area contributed by atoms with Crippen LogP contribution in [0.5, 0.6) is 11.5 Å². The number of nitrogens with one attached hydrogen (secondary N) is 1. The number of benzene rings is 1. The van der Waals surface area contributed by atoms with E-state index in [9.17, 15) is 4.79 Å². The van der Waals surface area contributed by atoms with Crippen molar-refractivity contribution in [3.8, 4) is 11.5 Å². The topological polar surface area (TPSA) is 63.7 Å². The highest BCUT2D eigenvalue weighted by molar-refractivity contribution is 5.92. The van der Waals surface area contributed by atoms with Crippen molar-refractivity contribution < 1.29 is 14.3 Å². The molecular formula is C20H23N3O3. The zero-order valence-electron chi connectivity index (χ0n) is 14.9. The van der Waals surface area contributed by atoms with Crippen LogP contribution < -0.4 is 14.8 Å². The van der Waals surface area contributed by atoms with E-state index in [0.717, 1.165) is 42.4 Å². The fourth-order valence-electron chi connectivity index (χ4n) is 3.42. The predicted octanol–water partition coefficient (Wildman–Crippen LogP) is 3.47. The highest BCUT2D eigenvalue weighted by Crippen LogP contribution is 2.33. The molecule has 6 nitrogen and oxygen atoms in total. The smallest absolute Gasteiger partial charge is 0.272 e. The first-order valence-electron chi connectivity index (χ1n) is 9.11. The molecule has 0 radical (unpaired) electrons. The summed E-state index contributed by atoms with van der Waals surface area (Å²) in [6.45, 7) is 4.96. The minimum absolute atomic E-state index is 0.0161. The lowest BCUT2D eigenvalue weighted by atomic mass is 10.00. The Kier molecular flexibility index (Phi) is 4.65. The third kappa shape index (κ3) is 3.59. The van der Waals surface area contributed by atoms with Gasteiger partial charge >= 0.3 is 0 Å². The van der Waals surface area contributed by atoms with E-state index in [0.29, 0.717) is 24.8 Å². The molecule has 0 aliphatic carbocycles. The minimum Gasteiger partial charge on any atom is -0.486 e. The molecule has 6 heteroatoms. The highest BCUT2D eigenvalue weighted by Gasteiger charge is 2.22. The van der Waals surface area contributed by atoms with E-state index in [1.54, 1.807) is 12.3 Å². The Morgan fingerprint density at radius 3 is 2.73 bits per heavy atom. The number of anilines is 2. The summed E-state index contributed by atoms with van der Waals surface area (Å²) in [5.41, 5.74) is 2.21. The second-order valence-electron chi connectivity index (χ2n) is 6.91. The van der Waals surface area contributed by atoms with Gasteiger partial charge in [-0.05, 0) is 43.0 Å². The van der Waals surface area contributed by atoms with Gasteiger partial charge in [0.05, 0.1) is 11.9 Å². The van der Waals surface area contributed by atoms with Crippen molar-refractivity contribution in [1.29, 1.82) is 0 Å². The number of aromatic nitrogens is 1. The van der Waals surface area contributed by atoms with Crippen LogP contribution in [0.3, 0.4) is 0 Å². The molecule has 0 spiro atoms. The highest BCUT2D eigenvalue weighted by atomic mass is 16.6. The van der Waals surface area contributed by atoms with E-state index in [1.165, 1.54) is 6.42 Å². The third-order valence-electron chi connectivity index (χ3n) is 4.76. The minimum atomic E-state index is 0.0161. The van der Waals surface area contributed by atoms with Crippen molar-refractivity contribution in [3.05, 3.63) is 42.2 Å². The number of rotatable bonds is 3. The number of fused-ring (bicyclic) bond motifs is 1. The average molecular weight is 353 g/mol. The molecule has 2 aliphatic rings. The Morgan fingerprint density at radius 1 is 1.15 bits per heavy atom. The lowest BCUT2D eigenvalue weighted by Crippen LogP contribution is -2.39. The molecule has 1 aromatic heterocycles. The van der Waals surface area contributed by atoms with E-state index >= 15 is 0 Å². The maximum Gasteiger partial charge on any atom is 0.272 e. The van der Waals surface area contributed by atoms with Crippen LogP contribution in [0.25, 0.3) is 0 Å². The third-order valence-corrected chi connectivity index (χ3v) is 4.76. The van der Waals surface area contributed by atoms with Crippen molar-refractivity contribution in [2.45, 2.75) is 19.8 Å². The molecule has 2 aliphatic heterocycles. The second kappa shape index (κ2) is 7.23. The molecule has 4 rings (SSSR count). The van der Waals surface area contributed by atoms with Crippen LogP contribution in [-0.2, 0) is 0 Å². The quantitative estimate of drug-likeness (QED) is 0.915. The number of carbonyl (C=O) groups excluding carboxylic acids is 1. The number of amides is 1. The molecule has 1 saturated heterocycles. The van der Waals surface area contributed by atoms with Crippen molar-refractivity contribution in [1.82, 2.24) is 9.88 Å². The van der Waals surface area contributed by atoms with Gasteiger partial charge in [0, 0.05) is 24.8 Å². The van der Waals surface area contributed by atoms with Gasteiger partial charge in [0.1, 0.15) is 18.9 Å². The van der Waals surface area contributed by atoms with Gasteiger partial charge in [-0.2, -0.15) is 0 Å². The van der Waals surface area contributed by atoms with E-state index < -0.39 is 0 Å². The molecule has 136 valence electrons. The first-order chi connectivity index (χ1) is 12.7. The molecule has 1 amide bonds. The maximum absolute atomic E-state index is 12.6. The molecule has 1 N–H and O–H groups in total. The normalized spacial score (nSPS) is 19.1. The Morgan fingerprint density at radius 2 is 1.96 bits per heavy atom. The van der Waals surface area contributed by atoms with Crippen LogP contribution in [-0.4, -0.2) is 42.1 Å². The van der Waals surface area contributed by atoms with E-state index in [-0.39, 0.29) is 5.91 Å². The van der Waals surface area contributed by atoms with Gasteiger partial charge < -0.3 is 19.7 Å². The molecule has 1 fully saturated rings. The summed E-state index contributed by atoms with van der Waals surface area (Å²) in [5.74, 6) is 2.07. The zero-order chi connectivity index (χ0) is 17.9. The SMILES string of the molecule is CC1CCCN(C(=O)c2ccc(Nc3ccc4c(c3)OCCO4)cn2)C1. The zero-order valence-corrected chi connectivity index (χ0v) is 14.9. The molecule has 1 atom stereocenters. The number of ether oxygens (including phenoxy) is 2. The van der Waals surface area contributed by atoms with Crippen molar-refractivity contribution in [2.75, 3.05) is 31.6 Å². The number of hydrogen-bond donors (Lipinski definition) is 1. The van der Waals surface area contributed by atoms with E-state index in [2.05, 4.69) is 17.2 Å². The van der Waals surface area contributed by atoms with E-state index in [1.807, 2.05) is 29.2 Å². The summed E-state index contributed by atoms with van der Waals surface area (Å²) in [6, 6.07) is 9.39. The fourth-order valence-corrected chi connectivity index (χ4v) is 3.42. The van der Waals surface area contributed by atoms with Gasteiger partial charge in [0.2, 0.25) is 0 Å². The van der Waals surface area contributed by atoms with E-state index in [4.69, 9.17) is 9.47 Å². The van der Waals surface area contributed by atoms with Crippen molar-refractivity contribution in [2.24, 2.45) is 5.92 Å². The van der Waals surface area contributed by atoms with Gasteiger partial charge in [0.15, 0.2) is 11.5 Å². The summed E-state index contributed by atoms with van der Waals surface area (Å²) < 4.78 is 11.1. The van der Waals surface area contributed by atoms with Crippen molar-refractivity contribution in [3.63, 3.8) is 0 Å². The van der Waals surface area contributed by atoms with Crippen LogP contribution in [0.2, 0.25) is 0 Å². The Labute approximate surface area is 153 Å². The standard InChI is InChI=1S/C20H23N3O3/c1-14-3-2-8-23(13-14)20(24)17-6-4-16(12-21-17)22-15-5-7-18-19(11-15)26-10-9-25-18/h4-7,11-12,14,22H,2-3,8-10,13H2,1H3. The predicted molar refractivity (Wildman–Crippen MR) is 99.3 cm³/mol. The number of pyridine rings is 1. The van der Waals surface area contributed by atoms with Crippen LogP contribution >= 0.6 is 0 Å². The van der Waals surface area contributed by atoms with Crippen LogP contribution in [0, 0.1) is 5.92 Å². The fraction of sp³-hybridized carbons (Fsp3) is 0.400. The van der Waals surface area contributed by atoms with Gasteiger partial charge in [0.25, 0.3) is 5.91 Å². The molecule has 1 aromatic carbocycles. The monoisotopic (exact) mass is 353 g/mol. The summed E-state index contributed by atoms with van der Waals surface area (Å²) in [5, 5.41) is 3.28. The lowest BCUT2D eigenvalue weighted by Gasteiger charge is -2.30. The second-order valence-corrected chi connectivity index (χ2v) is 6.91. The number of carbonyl (C=O) groups is 1. The lowest BCUT2D eigenvalue weighted by molar-refractivity contribution is 0.0677. The molecule has 2 aromatic rings. The Hall–Kier alpha value is -2.76. The average Bonchev–Trinajstić information content (AvgIpc) is 2.68. The largest absolute Gasteiger partial charge is 0.486 e. The van der Waals surface area contributed by atoms with Crippen LogP contribution in [0.1, 0.15) is 30.3 Å². The molecule has 26 heavy (non-hydrogen) atoms. The molecular weight excluding hydrogens is 330 g/mol. The first-order valence-corrected chi connectivity index (χ1v) is 9.11. The molecule has 3 heterocycles. The maximum atomic E-state index is 12.6. The van der Waals surface area contributed by atoms with Gasteiger partial charge in [-0.25, -0.2) is 4.98 Å². The number of hydrogen-bond acceptors (Lipinski definition) is 5. The van der Waals surface area contributed by atoms with Gasteiger partial charge in [-0.15, -0.1) is 0 Å². The summed E-state index contributed by atoms with van der Waals surface area (Å²) in [4.78, 5) is 18.8. The van der Waals surface area contributed by atoms with Crippen LogP contribution in [0.4, 0.5) is 11.4 Å². The Balaban J connectivity index is 1.43. The van der Waals surface area contributed by atoms with Crippen molar-refractivity contribution >= 4 is 17.3 Å². The number of nitrogens with zero attached hydrogens (tertiary/aromatic N) is 2. The molecule has 0 bridgehead atoms. The number of likely N-dealkylation sites (tertiary alicyclic amines) is 1. The Bertz CT molecular complexity index is 791. The van der Waals surface area contributed by atoms with Crippen LogP contribution in [0.15, 0.2) is 36.5 Å². The first kappa shape index (κ1) is 16.7. The summed E-state index contributed by atoms with van der Waals surface area (Å²) >= 11 is 0. The van der Waals surface area contributed by atoms with Gasteiger partial charge in [-0.3, -0.25) is 4.79 Å². The summed E-state index contributed by atoms with van der Waals surface area (Å²) in [7, 11) is 0.